The number of hydrogen-bond acceptors (Lipinski definition) is 6. The number of carbonyl (C=O) groups is 3. The van der Waals surface area contributed by atoms with E-state index in [1.165, 1.54) is 29.4 Å². The maximum atomic E-state index is 12.5. The number of nitrogens with zero attached hydrogens (tertiary/aromatic N) is 2. The minimum Gasteiger partial charge on any atom is -0.455 e. The van der Waals surface area contributed by atoms with Crippen LogP contribution in [0.1, 0.15) is 56.5 Å². The van der Waals surface area contributed by atoms with Gasteiger partial charge in [0.25, 0.3) is 11.8 Å². The van der Waals surface area contributed by atoms with E-state index in [4.69, 9.17) is 9.15 Å². The monoisotopic (exact) mass is 404 g/mol. The van der Waals surface area contributed by atoms with Crippen molar-refractivity contribution in [3.05, 3.63) is 77.2 Å². The van der Waals surface area contributed by atoms with Crippen molar-refractivity contribution in [1.29, 1.82) is 0 Å². The summed E-state index contributed by atoms with van der Waals surface area (Å²) in [6.07, 6.45) is 3.05. The van der Waals surface area contributed by atoms with Crippen LogP contribution in [0.5, 0.6) is 0 Å². The lowest BCUT2D eigenvalue weighted by molar-refractivity contribution is 0.0467. The largest absolute Gasteiger partial charge is 0.455 e. The quantitative estimate of drug-likeness (QED) is 0.435. The summed E-state index contributed by atoms with van der Waals surface area (Å²) >= 11 is 0. The molecule has 7 nitrogen and oxygen atoms in total. The smallest absolute Gasteiger partial charge is 0.338 e. The van der Waals surface area contributed by atoms with Crippen LogP contribution in [-0.2, 0) is 11.3 Å². The Kier molecular flexibility index (Phi) is 5.43. The van der Waals surface area contributed by atoms with Gasteiger partial charge in [0.1, 0.15) is 18.6 Å². The molecule has 0 radical (unpaired) electrons. The Balaban J connectivity index is 1.43. The molecule has 152 valence electrons. The molecule has 0 aliphatic carbocycles. The number of unbranched alkanes of at least 4 members (excludes halogenated alkanes) is 1. The topological polar surface area (TPSA) is 89.7 Å². The number of imide groups is 1. The summed E-state index contributed by atoms with van der Waals surface area (Å²) in [5.41, 5.74) is 2.05. The number of fused-ring (bicyclic) bond motifs is 1. The zero-order chi connectivity index (χ0) is 21.1. The predicted octanol–water partition coefficient (Wildman–Crippen LogP) is 4.09. The zero-order valence-corrected chi connectivity index (χ0v) is 16.5. The van der Waals surface area contributed by atoms with Crippen molar-refractivity contribution < 1.29 is 23.5 Å². The molecular formula is C23H20N2O5. The Morgan fingerprint density at radius 3 is 2.60 bits per heavy atom. The molecule has 0 N–H and O–H groups in total. The van der Waals surface area contributed by atoms with Crippen LogP contribution in [-0.4, -0.2) is 34.2 Å². The standard InChI is InChI=1S/C23H20N2O5/c1-2-3-11-25-21(26)18-10-9-16(12-19(18)22(25)27)23(28)30-14-17-13-29-20(24-17)15-7-5-4-6-8-15/h4-10,12-13H,2-3,11,14H2,1H3. The van der Waals surface area contributed by atoms with Crippen molar-refractivity contribution in [2.75, 3.05) is 6.54 Å². The number of carbonyl (C=O) groups excluding carboxylic acids is 3. The summed E-state index contributed by atoms with van der Waals surface area (Å²) in [4.78, 5) is 42.9. The molecule has 3 aromatic rings. The molecular weight excluding hydrogens is 384 g/mol. The number of amides is 2. The van der Waals surface area contributed by atoms with Gasteiger partial charge < -0.3 is 9.15 Å². The van der Waals surface area contributed by atoms with E-state index in [1.54, 1.807) is 0 Å². The average Bonchev–Trinajstić information content (AvgIpc) is 3.35. The van der Waals surface area contributed by atoms with Gasteiger partial charge >= 0.3 is 5.97 Å². The fraction of sp³-hybridized carbons (Fsp3) is 0.217. The zero-order valence-electron chi connectivity index (χ0n) is 16.5. The van der Waals surface area contributed by atoms with E-state index in [0.717, 1.165) is 18.4 Å². The van der Waals surface area contributed by atoms with Crippen LogP contribution < -0.4 is 0 Å². The van der Waals surface area contributed by atoms with Crippen molar-refractivity contribution in [3.8, 4) is 11.5 Å². The molecule has 0 atom stereocenters. The fourth-order valence-corrected chi connectivity index (χ4v) is 3.25. The van der Waals surface area contributed by atoms with Crippen molar-refractivity contribution in [2.24, 2.45) is 0 Å². The summed E-state index contributed by atoms with van der Waals surface area (Å²) in [6.45, 7) is 2.30. The highest BCUT2D eigenvalue weighted by atomic mass is 16.5. The van der Waals surface area contributed by atoms with Gasteiger partial charge in [0.15, 0.2) is 0 Å². The number of aromatic nitrogens is 1. The summed E-state index contributed by atoms with van der Waals surface area (Å²) in [7, 11) is 0. The van der Waals surface area contributed by atoms with E-state index in [9.17, 15) is 14.4 Å². The molecule has 2 amide bonds. The van der Waals surface area contributed by atoms with Crippen molar-refractivity contribution in [1.82, 2.24) is 9.88 Å². The second kappa shape index (κ2) is 8.32. The van der Waals surface area contributed by atoms with E-state index in [-0.39, 0.29) is 29.5 Å². The van der Waals surface area contributed by atoms with Crippen molar-refractivity contribution >= 4 is 17.8 Å². The summed E-state index contributed by atoms with van der Waals surface area (Å²) in [5.74, 6) is -0.855. The molecule has 1 aliphatic rings. The van der Waals surface area contributed by atoms with E-state index in [1.807, 2.05) is 37.3 Å². The Labute approximate surface area is 173 Å². The molecule has 30 heavy (non-hydrogen) atoms. The maximum absolute atomic E-state index is 12.5. The average molecular weight is 404 g/mol. The van der Waals surface area contributed by atoms with Crippen molar-refractivity contribution in [3.63, 3.8) is 0 Å². The molecule has 0 unspecified atom stereocenters. The van der Waals surface area contributed by atoms with Crippen LogP contribution in [0.4, 0.5) is 0 Å². The van der Waals surface area contributed by atoms with Crippen molar-refractivity contribution in [2.45, 2.75) is 26.4 Å². The van der Waals surface area contributed by atoms with E-state index < -0.39 is 5.97 Å². The fourth-order valence-electron chi connectivity index (χ4n) is 3.25. The summed E-state index contributed by atoms with van der Waals surface area (Å²) in [5, 5.41) is 0. The first-order valence-electron chi connectivity index (χ1n) is 9.75. The Morgan fingerprint density at radius 1 is 1.07 bits per heavy atom. The van der Waals surface area contributed by atoms with Crippen LogP contribution >= 0.6 is 0 Å². The molecule has 7 heteroatoms. The number of esters is 1. The number of benzene rings is 2. The molecule has 2 heterocycles. The highest BCUT2D eigenvalue weighted by Gasteiger charge is 2.35. The lowest BCUT2D eigenvalue weighted by atomic mass is 10.1. The van der Waals surface area contributed by atoms with Gasteiger partial charge in [-0.3, -0.25) is 14.5 Å². The van der Waals surface area contributed by atoms with Gasteiger partial charge in [-0.1, -0.05) is 31.5 Å². The van der Waals surface area contributed by atoms with Gasteiger partial charge in [-0.05, 0) is 36.8 Å². The number of oxazole rings is 1. The minimum atomic E-state index is -0.602. The first kappa shape index (κ1) is 19.6. The first-order chi connectivity index (χ1) is 14.6. The molecule has 0 fully saturated rings. The van der Waals surface area contributed by atoms with Crippen LogP contribution in [0.3, 0.4) is 0 Å². The third-order valence-electron chi connectivity index (χ3n) is 4.87. The second-order valence-electron chi connectivity index (χ2n) is 6.96. The molecule has 0 bridgehead atoms. The molecule has 0 spiro atoms. The molecule has 0 saturated carbocycles. The van der Waals surface area contributed by atoms with Gasteiger partial charge in [0.2, 0.25) is 5.89 Å². The van der Waals surface area contributed by atoms with Gasteiger partial charge in [-0.15, -0.1) is 0 Å². The molecule has 1 aliphatic heterocycles. The summed E-state index contributed by atoms with van der Waals surface area (Å²) < 4.78 is 10.7. The van der Waals surface area contributed by atoms with E-state index in [2.05, 4.69) is 4.98 Å². The van der Waals surface area contributed by atoms with Crippen LogP contribution in [0, 0.1) is 0 Å². The SMILES string of the molecule is CCCCN1C(=O)c2ccc(C(=O)OCc3coc(-c4ccccc4)n3)cc2C1=O. The Morgan fingerprint density at radius 2 is 1.83 bits per heavy atom. The minimum absolute atomic E-state index is 0.0677. The highest BCUT2D eigenvalue weighted by molar-refractivity contribution is 6.21. The van der Waals surface area contributed by atoms with E-state index in [0.29, 0.717) is 23.7 Å². The van der Waals surface area contributed by atoms with Gasteiger partial charge in [-0.25, -0.2) is 9.78 Å². The predicted molar refractivity (Wildman–Crippen MR) is 108 cm³/mol. The van der Waals surface area contributed by atoms with Crippen LogP contribution in [0.15, 0.2) is 59.2 Å². The van der Waals surface area contributed by atoms with Crippen LogP contribution in [0.25, 0.3) is 11.5 Å². The molecule has 1 aromatic heterocycles. The number of rotatable bonds is 7. The maximum Gasteiger partial charge on any atom is 0.338 e. The third kappa shape index (κ3) is 3.74. The van der Waals surface area contributed by atoms with E-state index >= 15 is 0 Å². The lowest BCUT2D eigenvalue weighted by Gasteiger charge is -2.12. The normalized spacial score (nSPS) is 12.9. The molecule has 2 aromatic carbocycles. The van der Waals surface area contributed by atoms with Gasteiger partial charge in [0, 0.05) is 12.1 Å². The van der Waals surface area contributed by atoms with Crippen LogP contribution in [0.2, 0.25) is 0 Å². The van der Waals surface area contributed by atoms with Gasteiger partial charge in [0.05, 0.1) is 16.7 Å². The Bertz CT molecular complexity index is 1100. The first-order valence-corrected chi connectivity index (χ1v) is 9.75. The highest BCUT2D eigenvalue weighted by Crippen LogP contribution is 2.25. The second-order valence-corrected chi connectivity index (χ2v) is 6.96. The third-order valence-corrected chi connectivity index (χ3v) is 4.87. The summed E-state index contributed by atoms with van der Waals surface area (Å²) in [6, 6.07) is 13.8. The number of ether oxygens (including phenoxy) is 1. The molecule has 0 saturated heterocycles. The lowest BCUT2D eigenvalue weighted by Crippen LogP contribution is -2.30. The molecule has 4 rings (SSSR count). The number of hydrogen-bond donors (Lipinski definition) is 0. The van der Waals surface area contributed by atoms with Gasteiger partial charge in [-0.2, -0.15) is 0 Å². The Hall–Kier alpha value is -3.74.